The Morgan fingerprint density at radius 3 is 2.71 bits per heavy atom. The largest absolute Gasteiger partial charge is 0.444 e. The van der Waals surface area contributed by atoms with Gasteiger partial charge < -0.3 is 14.7 Å². The molecule has 1 N–H and O–H groups in total. The Bertz CT molecular complexity index is 499. The number of aliphatic hydroxyl groups is 1. The summed E-state index contributed by atoms with van der Waals surface area (Å²) in [4.78, 5) is 17.1. The Balaban J connectivity index is 1.99. The standard InChI is InChI=1S/C15H21FN2O3/c1-15(2,3)21-14(20)18-7-6-11(12(19)9-18)10-4-5-13(16)17-8-10/h4-5,8,11-12,19H,6-7,9H2,1-3H3. The molecule has 0 saturated carbocycles. The molecule has 0 spiro atoms. The molecule has 1 aliphatic heterocycles. The first-order valence-electron chi connectivity index (χ1n) is 7.04. The molecule has 0 aliphatic carbocycles. The van der Waals surface area contributed by atoms with Gasteiger partial charge in [-0.1, -0.05) is 6.07 Å². The van der Waals surface area contributed by atoms with Gasteiger partial charge in [0.25, 0.3) is 0 Å². The van der Waals surface area contributed by atoms with Gasteiger partial charge in [-0.2, -0.15) is 4.39 Å². The zero-order valence-electron chi connectivity index (χ0n) is 12.5. The van der Waals surface area contributed by atoms with Gasteiger partial charge >= 0.3 is 6.09 Å². The second-order valence-electron chi connectivity index (χ2n) is 6.30. The molecule has 1 fully saturated rings. The Morgan fingerprint density at radius 1 is 1.48 bits per heavy atom. The number of nitrogens with zero attached hydrogens (tertiary/aromatic N) is 2. The number of hydrogen-bond donors (Lipinski definition) is 1. The highest BCUT2D eigenvalue weighted by Gasteiger charge is 2.33. The van der Waals surface area contributed by atoms with Crippen LogP contribution >= 0.6 is 0 Å². The third-order valence-corrected chi connectivity index (χ3v) is 3.41. The van der Waals surface area contributed by atoms with Gasteiger partial charge in [0.1, 0.15) is 5.60 Å². The maximum absolute atomic E-state index is 12.8. The first-order chi connectivity index (χ1) is 9.76. The quantitative estimate of drug-likeness (QED) is 0.808. The molecule has 116 valence electrons. The molecule has 1 aliphatic rings. The zero-order chi connectivity index (χ0) is 15.6. The van der Waals surface area contributed by atoms with E-state index >= 15 is 0 Å². The molecule has 6 heteroatoms. The number of carbonyl (C=O) groups is 1. The van der Waals surface area contributed by atoms with Gasteiger partial charge in [-0.25, -0.2) is 9.78 Å². The number of carbonyl (C=O) groups excluding carboxylic acids is 1. The van der Waals surface area contributed by atoms with Crippen molar-refractivity contribution in [2.45, 2.75) is 44.8 Å². The summed E-state index contributed by atoms with van der Waals surface area (Å²) < 4.78 is 18.1. The van der Waals surface area contributed by atoms with Crippen molar-refractivity contribution < 1.29 is 19.0 Å². The lowest BCUT2D eigenvalue weighted by Gasteiger charge is -2.36. The minimum absolute atomic E-state index is 0.142. The van der Waals surface area contributed by atoms with Gasteiger partial charge in [-0.15, -0.1) is 0 Å². The maximum atomic E-state index is 12.8. The normalized spacial score (nSPS) is 23.0. The predicted molar refractivity (Wildman–Crippen MR) is 75.4 cm³/mol. The molecule has 1 saturated heterocycles. The van der Waals surface area contributed by atoms with E-state index in [1.807, 2.05) is 0 Å². The molecule has 0 aromatic carbocycles. The van der Waals surface area contributed by atoms with Crippen LogP contribution in [0, 0.1) is 5.95 Å². The summed E-state index contributed by atoms with van der Waals surface area (Å²) in [7, 11) is 0. The topological polar surface area (TPSA) is 62.7 Å². The monoisotopic (exact) mass is 296 g/mol. The van der Waals surface area contributed by atoms with Gasteiger partial charge in [0.15, 0.2) is 0 Å². The van der Waals surface area contributed by atoms with E-state index in [9.17, 15) is 14.3 Å². The summed E-state index contributed by atoms with van der Waals surface area (Å²) in [6.07, 6.45) is 0.899. The van der Waals surface area contributed by atoms with Crippen LogP contribution in [0.5, 0.6) is 0 Å². The van der Waals surface area contributed by atoms with Crippen molar-refractivity contribution in [1.29, 1.82) is 0 Å². The van der Waals surface area contributed by atoms with Crippen LogP contribution in [0.3, 0.4) is 0 Å². The Kier molecular flexibility index (Phi) is 4.46. The van der Waals surface area contributed by atoms with Gasteiger partial charge in [-0.05, 0) is 38.8 Å². The number of hydrogen-bond acceptors (Lipinski definition) is 4. The second-order valence-corrected chi connectivity index (χ2v) is 6.30. The summed E-state index contributed by atoms with van der Waals surface area (Å²) in [5, 5.41) is 10.2. The molecule has 2 atom stereocenters. The van der Waals surface area contributed by atoms with E-state index in [-0.39, 0.29) is 12.5 Å². The van der Waals surface area contributed by atoms with E-state index in [2.05, 4.69) is 4.98 Å². The fourth-order valence-corrected chi connectivity index (χ4v) is 2.42. The Morgan fingerprint density at radius 2 is 2.19 bits per heavy atom. The fraction of sp³-hybridized carbons (Fsp3) is 0.600. The minimum Gasteiger partial charge on any atom is -0.444 e. The van der Waals surface area contributed by atoms with Crippen LogP contribution in [0.15, 0.2) is 18.3 Å². The number of likely N-dealkylation sites (tertiary alicyclic amines) is 1. The summed E-state index contributed by atoms with van der Waals surface area (Å²) in [5.41, 5.74) is 0.229. The minimum atomic E-state index is -0.710. The average Bonchev–Trinajstić information content (AvgIpc) is 2.38. The van der Waals surface area contributed by atoms with Gasteiger partial charge in [-0.3, -0.25) is 0 Å². The van der Waals surface area contributed by atoms with Crippen LogP contribution in [0.2, 0.25) is 0 Å². The second kappa shape index (κ2) is 5.97. The van der Waals surface area contributed by atoms with Crippen LogP contribution in [-0.2, 0) is 4.74 Å². The van der Waals surface area contributed by atoms with E-state index in [0.29, 0.717) is 13.0 Å². The third kappa shape index (κ3) is 4.14. The zero-order valence-corrected chi connectivity index (χ0v) is 12.5. The SMILES string of the molecule is CC(C)(C)OC(=O)N1CCC(c2ccc(F)nc2)C(O)C1. The molecule has 1 aromatic rings. The number of piperidine rings is 1. The van der Waals surface area contributed by atoms with Crippen LogP contribution in [0.1, 0.15) is 38.7 Å². The molecule has 21 heavy (non-hydrogen) atoms. The molecule has 0 radical (unpaired) electrons. The third-order valence-electron chi connectivity index (χ3n) is 3.41. The lowest BCUT2D eigenvalue weighted by molar-refractivity contribution is -0.00155. The summed E-state index contributed by atoms with van der Waals surface area (Å²) in [5.74, 6) is -0.684. The van der Waals surface area contributed by atoms with Crippen molar-refractivity contribution >= 4 is 6.09 Å². The molecule has 2 heterocycles. The number of aliphatic hydroxyl groups excluding tert-OH is 1. The first-order valence-corrected chi connectivity index (χ1v) is 7.04. The summed E-state index contributed by atoms with van der Waals surface area (Å²) in [6, 6.07) is 2.90. The number of amides is 1. The number of pyridine rings is 1. The van der Waals surface area contributed by atoms with Crippen molar-refractivity contribution in [1.82, 2.24) is 9.88 Å². The highest BCUT2D eigenvalue weighted by atomic mass is 19.1. The van der Waals surface area contributed by atoms with Crippen molar-refractivity contribution in [2.75, 3.05) is 13.1 Å². The number of rotatable bonds is 1. The van der Waals surface area contributed by atoms with E-state index in [0.717, 1.165) is 5.56 Å². The Hall–Kier alpha value is -1.69. The molecule has 2 unspecified atom stereocenters. The van der Waals surface area contributed by atoms with Crippen molar-refractivity contribution in [3.05, 3.63) is 29.8 Å². The van der Waals surface area contributed by atoms with Crippen LogP contribution < -0.4 is 0 Å². The number of β-amino-alcohol motifs (C(OH)–C–C–N with tert-alkyl or cyclic N) is 1. The number of aromatic nitrogens is 1. The van der Waals surface area contributed by atoms with Crippen LogP contribution in [-0.4, -0.2) is 45.9 Å². The van der Waals surface area contributed by atoms with Gasteiger partial charge in [0, 0.05) is 18.7 Å². The molecular weight excluding hydrogens is 275 g/mol. The number of ether oxygens (including phenoxy) is 1. The van der Waals surface area contributed by atoms with Crippen molar-refractivity contribution in [3.8, 4) is 0 Å². The molecule has 5 nitrogen and oxygen atoms in total. The average molecular weight is 296 g/mol. The highest BCUT2D eigenvalue weighted by Crippen LogP contribution is 2.28. The van der Waals surface area contributed by atoms with E-state index in [1.54, 1.807) is 26.8 Å². The van der Waals surface area contributed by atoms with Gasteiger partial charge in [0.2, 0.25) is 5.95 Å². The maximum Gasteiger partial charge on any atom is 0.410 e. The molecule has 2 rings (SSSR count). The lowest BCUT2D eigenvalue weighted by atomic mass is 9.88. The van der Waals surface area contributed by atoms with E-state index < -0.39 is 23.7 Å². The molecule has 0 bridgehead atoms. The van der Waals surface area contributed by atoms with Crippen LogP contribution in [0.4, 0.5) is 9.18 Å². The number of halogens is 1. The van der Waals surface area contributed by atoms with E-state index in [4.69, 9.17) is 4.74 Å². The highest BCUT2D eigenvalue weighted by molar-refractivity contribution is 5.68. The fourth-order valence-electron chi connectivity index (χ4n) is 2.42. The van der Waals surface area contributed by atoms with Crippen LogP contribution in [0.25, 0.3) is 0 Å². The summed E-state index contributed by atoms with van der Waals surface area (Å²) >= 11 is 0. The molecular formula is C15H21FN2O3. The summed E-state index contributed by atoms with van der Waals surface area (Å²) in [6.45, 7) is 6.11. The molecule has 1 aromatic heterocycles. The van der Waals surface area contributed by atoms with E-state index in [1.165, 1.54) is 17.2 Å². The molecule has 1 amide bonds. The smallest absolute Gasteiger partial charge is 0.410 e. The first kappa shape index (κ1) is 15.7. The van der Waals surface area contributed by atoms with Crippen molar-refractivity contribution in [3.63, 3.8) is 0 Å². The lowest BCUT2D eigenvalue weighted by Crippen LogP contribution is -2.47. The Labute approximate surface area is 123 Å². The van der Waals surface area contributed by atoms with Gasteiger partial charge in [0.05, 0.1) is 12.6 Å². The predicted octanol–water partition coefficient (Wildman–Crippen LogP) is 2.31. The van der Waals surface area contributed by atoms with Crippen molar-refractivity contribution in [2.24, 2.45) is 0 Å².